The van der Waals surface area contributed by atoms with Crippen molar-refractivity contribution in [2.24, 2.45) is 0 Å². The highest BCUT2D eigenvalue weighted by atomic mass is 35.5. The number of amides is 1. The quantitative estimate of drug-likeness (QED) is 0.576. The molecule has 0 heterocycles. The summed E-state index contributed by atoms with van der Waals surface area (Å²) >= 11 is 7.51. The second-order valence-corrected chi connectivity index (χ2v) is 7.25. The van der Waals surface area contributed by atoms with Crippen LogP contribution in [0.15, 0.2) is 42.5 Å². The van der Waals surface area contributed by atoms with Crippen LogP contribution >= 0.6 is 23.4 Å². The molecule has 4 nitrogen and oxygen atoms in total. The highest BCUT2D eigenvalue weighted by Gasteiger charge is 2.18. The van der Waals surface area contributed by atoms with Gasteiger partial charge in [0.15, 0.2) is 6.10 Å². The minimum atomic E-state index is -0.565. The maximum atomic E-state index is 13.7. The van der Waals surface area contributed by atoms with Crippen molar-refractivity contribution in [2.75, 3.05) is 19.4 Å². The highest BCUT2D eigenvalue weighted by molar-refractivity contribution is 7.98. The molecule has 0 bridgehead atoms. The molecule has 0 fully saturated rings. The summed E-state index contributed by atoms with van der Waals surface area (Å²) in [4.78, 5) is 12.3. The van der Waals surface area contributed by atoms with E-state index < -0.39 is 6.10 Å². The Balaban J connectivity index is 1.74. The molecule has 0 spiro atoms. The van der Waals surface area contributed by atoms with Crippen LogP contribution in [0.2, 0.25) is 5.02 Å². The first kappa shape index (κ1) is 21.4. The van der Waals surface area contributed by atoms with Crippen LogP contribution in [0, 0.1) is 5.82 Å². The topological polar surface area (TPSA) is 47.6 Å². The van der Waals surface area contributed by atoms with Gasteiger partial charge in [-0.1, -0.05) is 24.6 Å². The van der Waals surface area contributed by atoms with Crippen LogP contribution in [0.4, 0.5) is 4.39 Å². The van der Waals surface area contributed by atoms with Crippen LogP contribution in [-0.2, 0) is 10.5 Å². The lowest BCUT2D eigenvalue weighted by Gasteiger charge is -2.17. The van der Waals surface area contributed by atoms with E-state index in [2.05, 4.69) is 5.32 Å². The zero-order valence-corrected chi connectivity index (χ0v) is 16.9. The first-order valence-corrected chi connectivity index (χ1v) is 10.2. The SMILES string of the molecule is CC[C@@H](Oc1ccc(OC)cc1)C(=O)NCCSCc1c(F)cccc1Cl. The molecule has 0 aromatic heterocycles. The predicted octanol–water partition coefficient (Wildman–Crippen LogP) is 4.69. The number of methoxy groups -OCH3 is 1. The van der Waals surface area contributed by atoms with E-state index in [4.69, 9.17) is 21.1 Å². The Morgan fingerprint density at radius 2 is 1.93 bits per heavy atom. The minimum Gasteiger partial charge on any atom is -0.497 e. The Hall–Kier alpha value is -1.92. The van der Waals surface area contributed by atoms with Gasteiger partial charge in [0, 0.05) is 28.6 Å². The lowest BCUT2D eigenvalue weighted by atomic mass is 10.2. The monoisotopic (exact) mass is 411 g/mol. The molecule has 1 N–H and O–H groups in total. The van der Waals surface area contributed by atoms with E-state index in [-0.39, 0.29) is 11.7 Å². The van der Waals surface area contributed by atoms with Crippen LogP contribution in [0.5, 0.6) is 11.5 Å². The lowest BCUT2D eigenvalue weighted by Crippen LogP contribution is -2.39. The molecule has 27 heavy (non-hydrogen) atoms. The lowest BCUT2D eigenvalue weighted by molar-refractivity contribution is -0.127. The van der Waals surface area contributed by atoms with Gasteiger partial charge in [0.1, 0.15) is 17.3 Å². The normalized spacial score (nSPS) is 11.7. The molecule has 0 saturated heterocycles. The number of benzene rings is 2. The van der Waals surface area contributed by atoms with Crippen LogP contribution in [-0.4, -0.2) is 31.4 Å². The number of thioether (sulfide) groups is 1. The molecule has 0 unspecified atom stereocenters. The summed E-state index contributed by atoms with van der Waals surface area (Å²) in [6, 6.07) is 11.7. The molecular weight excluding hydrogens is 389 g/mol. The van der Waals surface area contributed by atoms with Gasteiger partial charge in [-0.3, -0.25) is 4.79 Å². The van der Waals surface area contributed by atoms with Gasteiger partial charge in [-0.25, -0.2) is 4.39 Å². The van der Waals surface area contributed by atoms with Crippen LogP contribution in [0.3, 0.4) is 0 Å². The van der Waals surface area contributed by atoms with Crippen LogP contribution in [0.25, 0.3) is 0 Å². The predicted molar refractivity (Wildman–Crippen MR) is 108 cm³/mol. The number of nitrogens with one attached hydrogen (secondary N) is 1. The average Bonchev–Trinajstić information content (AvgIpc) is 2.68. The fourth-order valence-electron chi connectivity index (χ4n) is 2.35. The summed E-state index contributed by atoms with van der Waals surface area (Å²) in [5.41, 5.74) is 0.491. The molecular formula is C20H23ClFNO3S. The van der Waals surface area contributed by atoms with E-state index in [1.54, 1.807) is 43.5 Å². The maximum absolute atomic E-state index is 13.7. The van der Waals surface area contributed by atoms with Crippen LogP contribution < -0.4 is 14.8 Å². The van der Waals surface area contributed by atoms with Gasteiger partial charge < -0.3 is 14.8 Å². The fourth-order valence-corrected chi connectivity index (χ4v) is 3.54. The van der Waals surface area contributed by atoms with Gasteiger partial charge in [-0.15, -0.1) is 0 Å². The van der Waals surface area contributed by atoms with Crippen molar-refractivity contribution >= 4 is 29.3 Å². The van der Waals surface area contributed by atoms with E-state index in [0.717, 1.165) is 5.75 Å². The Morgan fingerprint density at radius 1 is 1.22 bits per heavy atom. The summed E-state index contributed by atoms with van der Waals surface area (Å²) in [5.74, 6) is 1.97. The third-order valence-electron chi connectivity index (χ3n) is 3.85. The van der Waals surface area contributed by atoms with Crippen molar-refractivity contribution in [1.82, 2.24) is 5.32 Å². The third kappa shape index (κ3) is 6.63. The summed E-state index contributed by atoms with van der Waals surface area (Å²) in [5, 5.41) is 3.28. The van der Waals surface area contributed by atoms with Crippen LogP contribution in [0.1, 0.15) is 18.9 Å². The third-order valence-corrected chi connectivity index (χ3v) is 5.19. The standard InChI is InChI=1S/C20H23ClFNO3S/c1-3-19(26-15-9-7-14(25-2)8-10-15)20(24)23-11-12-27-13-16-17(21)5-4-6-18(16)22/h4-10,19H,3,11-13H2,1-2H3,(H,23,24)/t19-/m1/s1. The molecule has 0 aliphatic heterocycles. The van der Waals surface area contributed by atoms with Crippen molar-refractivity contribution < 1.29 is 18.7 Å². The zero-order valence-electron chi connectivity index (χ0n) is 15.3. The summed E-state index contributed by atoms with van der Waals surface area (Å²) in [6.45, 7) is 2.36. The van der Waals surface area contributed by atoms with Gasteiger partial charge in [0.25, 0.3) is 5.91 Å². The molecule has 0 saturated carbocycles. The Morgan fingerprint density at radius 3 is 2.56 bits per heavy atom. The van der Waals surface area contributed by atoms with E-state index >= 15 is 0 Å². The van der Waals surface area contributed by atoms with Gasteiger partial charge in [-0.2, -0.15) is 11.8 Å². The first-order chi connectivity index (χ1) is 13.0. The van der Waals surface area contributed by atoms with Crippen molar-refractivity contribution in [2.45, 2.75) is 25.2 Å². The second kappa shape index (κ2) is 11.0. The molecule has 2 rings (SSSR count). The van der Waals surface area contributed by atoms with Gasteiger partial charge in [0.2, 0.25) is 0 Å². The molecule has 1 amide bonds. The number of carbonyl (C=O) groups excluding carboxylic acids is 1. The number of ether oxygens (including phenoxy) is 2. The molecule has 7 heteroatoms. The number of rotatable bonds is 10. The molecule has 0 aliphatic rings. The Labute approximate surface area is 168 Å². The van der Waals surface area contributed by atoms with Crippen molar-refractivity contribution in [3.8, 4) is 11.5 Å². The summed E-state index contributed by atoms with van der Waals surface area (Å²) in [7, 11) is 1.59. The molecule has 2 aromatic rings. The van der Waals surface area contributed by atoms with E-state index in [1.807, 2.05) is 6.92 Å². The van der Waals surface area contributed by atoms with Gasteiger partial charge in [-0.05, 0) is 42.8 Å². The number of halogens is 2. The Bertz CT molecular complexity index is 722. The summed E-state index contributed by atoms with van der Waals surface area (Å²) in [6.07, 6.45) is -0.0139. The largest absolute Gasteiger partial charge is 0.497 e. The van der Waals surface area contributed by atoms with Gasteiger partial charge >= 0.3 is 0 Å². The summed E-state index contributed by atoms with van der Waals surface area (Å²) < 4.78 is 24.5. The number of carbonyl (C=O) groups is 1. The second-order valence-electron chi connectivity index (χ2n) is 5.73. The zero-order chi connectivity index (χ0) is 19.6. The molecule has 0 radical (unpaired) electrons. The molecule has 146 valence electrons. The number of hydrogen-bond donors (Lipinski definition) is 1. The molecule has 1 atom stereocenters. The van der Waals surface area contributed by atoms with Gasteiger partial charge in [0.05, 0.1) is 7.11 Å². The average molecular weight is 412 g/mol. The maximum Gasteiger partial charge on any atom is 0.261 e. The van der Waals surface area contributed by atoms with Crippen molar-refractivity contribution in [3.05, 3.63) is 58.9 Å². The Kier molecular flexibility index (Phi) is 8.75. The molecule has 2 aromatic carbocycles. The smallest absolute Gasteiger partial charge is 0.261 e. The minimum absolute atomic E-state index is 0.169. The van der Waals surface area contributed by atoms with Crippen molar-refractivity contribution in [1.29, 1.82) is 0 Å². The highest BCUT2D eigenvalue weighted by Crippen LogP contribution is 2.23. The fraction of sp³-hybridized carbons (Fsp3) is 0.350. The van der Waals surface area contributed by atoms with E-state index in [1.165, 1.54) is 17.8 Å². The number of hydrogen-bond acceptors (Lipinski definition) is 4. The van der Waals surface area contributed by atoms with Crippen molar-refractivity contribution in [3.63, 3.8) is 0 Å². The van der Waals surface area contributed by atoms with E-state index in [9.17, 15) is 9.18 Å². The van der Waals surface area contributed by atoms with E-state index in [0.29, 0.717) is 40.8 Å². The molecule has 0 aliphatic carbocycles. The first-order valence-electron chi connectivity index (χ1n) is 8.64.